The predicted molar refractivity (Wildman–Crippen MR) is 82.8 cm³/mol. The highest BCUT2D eigenvalue weighted by atomic mass is 16.3. The van der Waals surface area contributed by atoms with Crippen LogP contribution in [-0.4, -0.2) is 5.11 Å². The van der Waals surface area contributed by atoms with E-state index >= 15 is 0 Å². The van der Waals surface area contributed by atoms with Gasteiger partial charge in [0.05, 0.1) is 6.10 Å². The third-order valence-electron chi connectivity index (χ3n) is 4.42. The van der Waals surface area contributed by atoms with Gasteiger partial charge >= 0.3 is 0 Å². The van der Waals surface area contributed by atoms with Crippen LogP contribution in [0.2, 0.25) is 0 Å². The smallest absolute Gasteiger partial charge is 0.0824 e. The van der Waals surface area contributed by atoms with Gasteiger partial charge in [-0.2, -0.15) is 0 Å². The molecule has 1 N–H and O–H groups in total. The van der Waals surface area contributed by atoms with Gasteiger partial charge in [-0.15, -0.1) is 0 Å². The molecule has 2 aromatic rings. The Bertz CT molecular complexity index is 556. The van der Waals surface area contributed by atoms with Crippen molar-refractivity contribution in [3.63, 3.8) is 0 Å². The second kappa shape index (κ2) is 5.41. The molecule has 104 valence electrons. The normalized spacial score (nSPS) is 22.8. The summed E-state index contributed by atoms with van der Waals surface area (Å²) < 4.78 is 0. The standard InChI is InChI=1S/C19H22O/c1-13(2)14-8-10-16(11-9-14)19(20)18-12-17(18)15-6-4-3-5-7-15/h3-11,13,17-20H,12H2,1-2H3. The highest BCUT2D eigenvalue weighted by molar-refractivity contribution is 5.31. The monoisotopic (exact) mass is 266 g/mol. The van der Waals surface area contributed by atoms with Crippen molar-refractivity contribution in [3.05, 3.63) is 71.3 Å². The van der Waals surface area contributed by atoms with E-state index in [0.717, 1.165) is 12.0 Å². The summed E-state index contributed by atoms with van der Waals surface area (Å²) in [4.78, 5) is 0. The molecule has 3 unspecified atom stereocenters. The van der Waals surface area contributed by atoms with E-state index in [4.69, 9.17) is 0 Å². The first kappa shape index (κ1) is 13.4. The Morgan fingerprint density at radius 3 is 2.10 bits per heavy atom. The van der Waals surface area contributed by atoms with Crippen LogP contribution >= 0.6 is 0 Å². The van der Waals surface area contributed by atoms with Crippen LogP contribution in [0.5, 0.6) is 0 Å². The van der Waals surface area contributed by atoms with Crippen molar-refractivity contribution in [1.29, 1.82) is 0 Å². The highest BCUT2D eigenvalue weighted by Crippen LogP contribution is 2.53. The highest BCUT2D eigenvalue weighted by Gasteiger charge is 2.43. The SMILES string of the molecule is CC(C)c1ccc(C(O)C2CC2c2ccccc2)cc1. The maximum absolute atomic E-state index is 10.5. The molecule has 3 atom stereocenters. The maximum atomic E-state index is 10.5. The zero-order valence-electron chi connectivity index (χ0n) is 12.2. The number of aliphatic hydroxyl groups is 1. The quantitative estimate of drug-likeness (QED) is 0.854. The second-order valence-electron chi connectivity index (χ2n) is 6.18. The zero-order chi connectivity index (χ0) is 14.1. The predicted octanol–water partition coefficient (Wildman–Crippen LogP) is 4.65. The lowest BCUT2D eigenvalue weighted by molar-refractivity contribution is 0.151. The van der Waals surface area contributed by atoms with Gasteiger partial charge < -0.3 is 5.11 Å². The third-order valence-corrected chi connectivity index (χ3v) is 4.42. The van der Waals surface area contributed by atoms with Crippen LogP contribution in [0.25, 0.3) is 0 Å². The van der Waals surface area contributed by atoms with Crippen molar-refractivity contribution in [2.75, 3.05) is 0 Å². The van der Waals surface area contributed by atoms with Crippen molar-refractivity contribution in [2.45, 2.75) is 38.2 Å². The summed E-state index contributed by atoms with van der Waals surface area (Å²) in [5, 5.41) is 10.5. The van der Waals surface area contributed by atoms with E-state index < -0.39 is 0 Å². The van der Waals surface area contributed by atoms with Gasteiger partial charge in [0.25, 0.3) is 0 Å². The summed E-state index contributed by atoms with van der Waals surface area (Å²) in [6.07, 6.45) is 0.762. The van der Waals surface area contributed by atoms with E-state index in [0.29, 0.717) is 17.8 Å². The first-order chi connectivity index (χ1) is 9.66. The minimum atomic E-state index is -0.332. The summed E-state index contributed by atoms with van der Waals surface area (Å²) in [7, 11) is 0. The molecule has 1 heteroatoms. The van der Waals surface area contributed by atoms with Crippen molar-refractivity contribution < 1.29 is 5.11 Å². The molecule has 1 nitrogen and oxygen atoms in total. The van der Waals surface area contributed by atoms with Crippen molar-refractivity contribution >= 4 is 0 Å². The van der Waals surface area contributed by atoms with Crippen LogP contribution in [0.15, 0.2) is 54.6 Å². The molecule has 0 amide bonds. The molecule has 1 aliphatic carbocycles. The van der Waals surface area contributed by atoms with Crippen molar-refractivity contribution in [1.82, 2.24) is 0 Å². The van der Waals surface area contributed by atoms with Crippen molar-refractivity contribution in [2.24, 2.45) is 5.92 Å². The molecule has 0 spiro atoms. The topological polar surface area (TPSA) is 20.2 Å². The Labute approximate surface area is 121 Å². The summed E-state index contributed by atoms with van der Waals surface area (Å²) in [6.45, 7) is 4.38. The number of hydrogen-bond donors (Lipinski definition) is 1. The average Bonchev–Trinajstić information content (AvgIpc) is 3.28. The van der Waals surface area contributed by atoms with Crippen LogP contribution < -0.4 is 0 Å². The second-order valence-corrected chi connectivity index (χ2v) is 6.18. The molecule has 1 aliphatic rings. The van der Waals surface area contributed by atoms with Crippen LogP contribution in [0, 0.1) is 5.92 Å². The minimum Gasteiger partial charge on any atom is -0.388 e. The number of rotatable bonds is 4. The summed E-state index contributed by atoms with van der Waals surface area (Å²) in [5.74, 6) is 1.44. The Balaban J connectivity index is 1.70. The molecule has 0 saturated heterocycles. The minimum absolute atomic E-state index is 0.332. The van der Waals surface area contributed by atoms with Gasteiger partial charge in [-0.25, -0.2) is 0 Å². The third kappa shape index (κ3) is 2.64. The fourth-order valence-electron chi connectivity index (χ4n) is 2.97. The van der Waals surface area contributed by atoms with Gasteiger partial charge in [0.2, 0.25) is 0 Å². The summed E-state index contributed by atoms with van der Waals surface area (Å²) in [6, 6.07) is 19.0. The molecule has 0 bridgehead atoms. The van der Waals surface area contributed by atoms with Crippen LogP contribution in [0.4, 0.5) is 0 Å². The average molecular weight is 266 g/mol. The lowest BCUT2D eigenvalue weighted by atomic mass is 9.97. The molecular weight excluding hydrogens is 244 g/mol. The van der Waals surface area contributed by atoms with Gasteiger partial charge in [0, 0.05) is 0 Å². The molecule has 0 aliphatic heterocycles. The lowest BCUT2D eigenvalue weighted by Gasteiger charge is -2.13. The van der Waals surface area contributed by atoms with Crippen molar-refractivity contribution in [3.8, 4) is 0 Å². The summed E-state index contributed by atoms with van der Waals surface area (Å²) in [5.41, 5.74) is 3.74. The van der Waals surface area contributed by atoms with E-state index in [1.54, 1.807) is 0 Å². The fourth-order valence-corrected chi connectivity index (χ4v) is 2.97. The maximum Gasteiger partial charge on any atom is 0.0824 e. The summed E-state index contributed by atoms with van der Waals surface area (Å²) >= 11 is 0. The molecule has 0 heterocycles. The Morgan fingerprint density at radius 1 is 0.900 bits per heavy atom. The van der Waals surface area contributed by atoms with Gasteiger partial charge in [-0.1, -0.05) is 68.4 Å². The lowest BCUT2D eigenvalue weighted by Crippen LogP contribution is -2.02. The largest absolute Gasteiger partial charge is 0.388 e. The van der Waals surface area contributed by atoms with Gasteiger partial charge in [0.1, 0.15) is 0 Å². The van der Waals surface area contributed by atoms with Gasteiger partial charge in [-0.3, -0.25) is 0 Å². The Kier molecular flexibility index (Phi) is 3.62. The van der Waals surface area contributed by atoms with E-state index in [-0.39, 0.29) is 6.10 Å². The first-order valence-electron chi connectivity index (χ1n) is 7.49. The number of hydrogen-bond acceptors (Lipinski definition) is 1. The molecule has 1 fully saturated rings. The zero-order valence-corrected chi connectivity index (χ0v) is 12.2. The Hall–Kier alpha value is -1.60. The van der Waals surface area contributed by atoms with E-state index in [9.17, 15) is 5.11 Å². The van der Waals surface area contributed by atoms with Crippen LogP contribution in [0.3, 0.4) is 0 Å². The van der Waals surface area contributed by atoms with E-state index in [2.05, 4.69) is 62.4 Å². The van der Waals surface area contributed by atoms with Gasteiger partial charge in [0.15, 0.2) is 0 Å². The molecular formula is C19H22O. The number of aliphatic hydroxyl groups excluding tert-OH is 1. The molecule has 1 saturated carbocycles. The molecule has 2 aromatic carbocycles. The Morgan fingerprint density at radius 2 is 1.50 bits per heavy atom. The fraction of sp³-hybridized carbons (Fsp3) is 0.368. The molecule has 3 rings (SSSR count). The van der Waals surface area contributed by atoms with E-state index in [1.165, 1.54) is 11.1 Å². The van der Waals surface area contributed by atoms with E-state index in [1.807, 2.05) is 6.07 Å². The molecule has 0 radical (unpaired) electrons. The van der Waals surface area contributed by atoms with Gasteiger partial charge in [-0.05, 0) is 40.9 Å². The molecule has 0 aromatic heterocycles. The van der Waals surface area contributed by atoms with Crippen LogP contribution in [-0.2, 0) is 0 Å². The first-order valence-corrected chi connectivity index (χ1v) is 7.49. The van der Waals surface area contributed by atoms with Crippen LogP contribution in [0.1, 0.15) is 54.9 Å². The molecule has 20 heavy (non-hydrogen) atoms. The number of benzene rings is 2.